The van der Waals surface area contributed by atoms with Gasteiger partial charge in [-0.3, -0.25) is 0 Å². The lowest BCUT2D eigenvalue weighted by Gasteiger charge is -2.16. The molecule has 0 amide bonds. The van der Waals surface area contributed by atoms with Crippen LogP contribution in [0.5, 0.6) is 0 Å². The van der Waals surface area contributed by atoms with Crippen LogP contribution in [0.15, 0.2) is 48.7 Å². The van der Waals surface area contributed by atoms with Crippen molar-refractivity contribution in [3.05, 3.63) is 59.8 Å². The third kappa shape index (κ3) is 5.47. The Hall–Kier alpha value is -3.33. The molecule has 1 aliphatic rings. The van der Waals surface area contributed by atoms with E-state index in [0.29, 0.717) is 12.2 Å². The van der Waals surface area contributed by atoms with Crippen LogP contribution in [0.3, 0.4) is 0 Å². The van der Waals surface area contributed by atoms with E-state index in [4.69, 9.17) is 14.6 Å². The molecule has 6 nitrogen and oxygen atoms in total. The summed E-state index contributed by atoms with van der Waals surface area (Å²) < 4.78 is 39.2. The van der Waals surface area contributed by atoms with E-state index >= 15 is 0 Å². The van der Waals surface area contributed by atoms with Crippen LogP contribution in [0.25, 0.3) is 22.0 Å². The molecule has 4 rings (SSSR count). The monoisotopic (exact) mass is 448 g/mol. The Morgan fingerprint density at radius 1 is 1.12 bits per heavy atom. The number of carbonyl (C=O) groups is 2. The van der Waals surface area contributed by atoms with Gasteiger partial charge in [-0.2, -0.15) is 13.2 Å². The zero-order valence-corrected chi connectivity index (χ0v) is 17.6. The van der Waals surface area contributed by atoms with Crippen LogP contribution in [0.4, 0.5) is 13.2 Å². The summed E-state index contributed by atoms with van der Waals surface area (Å²) in [5.41, 5.74) is 5.18. The Morgan fingerprint density at radius 3 is 2.44 bits per heavy atom. The molecule has 0 saturated heterocycles. The van der Waals surface area contributed by atoms with Crippen molar-refractivity contribution in [2.24, 2.45) is 0 Å². The van der Waals surface area contributed by atoms with Gasteiger partial charge in [0.2, 0.25) is 0 Å². The lowest BCUT2D eigenvalue weighted by molar-refractivity contribution is -0.192. The second-order valence-corrected chi connectivity index (χ2v) is 7.65. The molecule has 1 aliphatic heterocycles. The standard InChI is InChI=1S/C21H22N2O2.C2HF3O2/c1-22(2)10-11-23-9-7-16-4-6-18(14-20(16)23)17-5-3-15-8-12-25-21(24)19(15)13-17;3-2(4,5)1(6)7/h3-7,9,13-14H,8,10-12H2,1-2H3;(H,6,7). The summed E-state index contributed by atoms with van der Waals surface area (Å²) in [6.45, 7) is 2.44. The number of alkyl halides is 3. The number of aromatic nitrogens is 1. The molecule has 3 aromatic rings. The van der Waals surface area contributed by atoms with E-state index in [1.54, 1.807) is 0 Å². The second kappa shape index (κ2) is 9.44. The minimum Gasteiger partial charge on any atom is -0.475 e. The maximum absolute atomic E-state index is 12.0. The minimum absolute atomic E-state index is 0.210. The van der Waals surface area contributed by atoms with E-state index in [1.807, 2.05) is 6.07 Å². The molecule has 0 unspecified atom stereocenters. The molecule has 0 atom stereocenters. The van der Waals surface area contributed by atoms with Gasteiger partial charge in [0, 0.05) is 31.2 Å². The molecule has 1 N–H and O–H groups in total. The molecule has 9 heteroatoms. The fourth-order valence-electron chi connectivity index (χ4n) is 3.36. The molecule has 0 aliphatic carbocycles. The van der Waals surface area contributed by atoms with Crippen molar-refractivity contribution in [1.29, 1.82) is 0 Å². The van der Waals surface area contributed by atoms with Crippen LogP contribution < -0.4 is 0 Å². The summed E-state index contributed by atoms with van der Waals surface area (Å²) in [7, 11) is 4.17. The van der Waals surface area contributed by atoms with Gasteiger partial charge in [-0.1, -0.05) is 24.3 Å². The molecule has 32 heavy (non-hydrogen) atoms. The Morgan fingerprint density at radius 2 is 1.78 bits per heavy atom. The number of halogens is 3. The Labute approximate surface area is 182 Å². The highest BCUT2D eigenvalue weighted by atomic mass is 19.4. The molecule has 1 aromatic heterocycles. The van der Waals surface area contributed by atoms with E-state index in [2.05, 4.69) is 66.2 Å². The first-order chi connectivity index (χ1) is 15.1. The van der Waals surface area contributed by atoms with Crippen LogP contribution in [0.2, 0.25) is 0 Å². The molecule has 0 spiro atoms. The van der Waals surface area contributed by atoms with Crippen molar-refractivity contribution < 1.29 is 32.6 Å². The quantitative estimate of drug-likeness (QED) is 0.606. The summed E-state index contributed by atoms with van der Waals surface area (Å²) in [6, 6.07) is 14.8. The fourth-order valence-corrected chi connectivity index (χ4v) is 3.36. The van der Waals surface area contributed by atoms with Crippen molar-refractivity contribution in [1.82, 2.24) is 9.47 Å². The lowest BCUT2D eigenvalue weighted by atomic mass is 9.96. The average Bonchev–Trinajstić information content (AvgIpc) is 3.14. The first kappa shape index (κ1) is 23.3. The average molecular weight is 448 g/mol. The van der Waals surface area contributed by atoms with Gasteiger partial charge in [-0.15, -0.1) is 0 Å². The molecular weight excluding hydrogens is 425 g/mol. The molecule has 0 fully saturated rings. The van der Waals surface area contributed by atoms with Gasteiger partial charge < -0.3 is 19.3 Å². The zero-order valence-electron chi connectivity index (χ0n) is 17.6. The molecular formula is C23H23F3N2O4. The van der Waals surface area contributed by atoms with Crippen LogP contribution >= 0.6 is 0 Å². The molecule has 2 heterocycles. The van der Waals surface area contributed by atoms with Crippen LogP contribution in [-0.2, 0) is 22.5 Å². The van der Waals surface area contributed by atoms with Crippen LogP contribution in [0.1, 0.15) is 15.9 Å². The maximum Gasteiger partial charge on any atom is 0.490 e. The highest BCUT2D eigenvalue weighted by molar-refractivity contribution is 5.94. The second-order valence-electron chi connectivity index (χ2n) is 7.65. The van der Waals surface area contributed by atoms with Crippen LogP contribution in [-0.4, -0.2) is 59.9 Å². The minimum atomic E-state index is -5.08. The number of cyclic esters (lactones) is 1. The number of ether oxygens (including phenoxy) is 1. The predicted octanol–water partition coefficient (Wildman–Crippen LogP) is 4.22. The van der Waals surface area contributed by atoms with Gasteiger partial charge in [0.15, 0.2) is 0 Å². The van der Waals surface area contributed by atoms with Crippen molar-refractivity contribution in [3.8, 4) is 11.1 Å². The first-order valence-electron chi connectivity index (χ1n) is 9.90. The number of carboxylic acid groups (broad SMARTS) is 1. The van der Waals surface area contributed by atoms with Crippen LogP contribution in [0, 0.1) is 0 Å². The highest BCUT2D eigenvalue weighted by Gasteiger charge is 2.38. The molecule has 170 valence electrons. The van der Waals surface area contributed by atoms with Gasteiger partial charge in [0.1, 0.15) is 0 Å². The third-order valence-corrected chi connectivity index (χ3v) is 5.07. The number of rotatable bonds is 4. The van der Waals surface area contributed by atoms with Crippen molar-refractivity contribution in [2.45, 2.75) is 19.1 Å². The maximum atomic E-state index is 12.0. The Balaban J connectivity index is 0.000000360. The number of likely N-dealkylation sites (N-methyl/N-ethyl adjacent to an activating group) is 1. The number of fused-ring (bicyclic) bond motifs is 2. The van der Waals surface area contributed by atoms with Crippen molar-refractivity contribution in [3.63, 3.8) is 0 Å². The Bertz CT molecular complexity index is 1140. The number of hydrogen-bond donors (Lipinski definition) is 1. The molecule has 2 aromatic carbocycles. The number of benzene rings is 2. The SMILES string of the molecule is CN(C)CCn1ccc2ccc(-c3ccc4c(c3)C(=O)OCC4)cc21.O=C(O)C(F)(F)F. The third-order valence-electron chi connectivity index (χ3n) is 5.07. The summed E-state index contributed by atoms with van der Waals surface area (Å²) in [5.74, 6) is -2.97. The van der Waals surface area contributed by atoms with Gasteiger partial charge in [-0.25, -0.2) is 9.59 Å². The number of carbonyl (C=O) groups excluding carboxylic acids is 1. The number of hydrogen-bond acceptors (Lipinski definition) is 4. The van der Waals surface area contributed by atoms with E-state index in [9.17, 15) is 18.0 Å². The van der Waals surface area contributed by atoms with E-state index in [0.717, 1.165) is 36.2 Å². The van der Waals surface area contributed by atoms with E-state index in [-0.39, 0.29) is 5.97 Å². The highest BCUT2D eigenvalue weighted by Crippen LogP contribution is 2.28. The van der Waals surface area contributed by atoms with E-state index < -0.39 is 12.1 Å². The zero-order chi connectivity index (χ0) is 23.5. The van der Waals surface area contributed by atoms with Crippen molar-refractivity contribution >= 4 is 22.8 Å². The van der Waals surface area contributed by atoms with E-state index in [1.165, 1.54) is 10.9 Å². The number of carboxylic acids is 1. The number of aliphatic carboxylic acids is 1. The van der Waals surface area contributed by atoms with Gasteiger partial charge in [0.25, 0.3) is 0 Å². The summed E-state index contributed by atoms with van der Waals surface area (Å²) in [4.78, 5) is 23.1. The lowest BCUT2D eigenvalue weighted by Crippen LogP contribution is -2.21. The summed E-state index contributed by atoms with van der Waals surface area (Å²) in [6.07, 6.45) is -2.14. The smallest absolute Gasteiger partial charge is 0.475 e. The molecule has 0 radical (unpaired) electrons. The van der Waals surface area contributed by atoms with Gasteiger partial charge >= 0.3 is 18.1 Å². The summed E-state index contributed by atoms with van der Waals surface area (Å²) >= 11 is 0. The molecule has 0 saturated carbocycles. The largest absolute Gasteiger partial charge is 0.490 e. The number of esters is 1. The molecule has 0 bridgehead atoms. The van der Waals surface area contributed by atoms with Crippen molar-refractivity contribution in [2.75, 3.05) is 27.2 Å². The summed E-state index contributed by atoms with van der Waals surface area (Å²) in [5, 5.41) is 8.36. The normalized spacial score (nSPS) is 13.4. The predicted molar refractivity (Wildman–Crippen MR) is 114 cm³/mol. The number of nitrogens with zero attached hydrogens (tertiary/aromatic N) is 2. The topological polar surface area (TPSA) is 71.8 Å². The van der Waals surface area contributed by atoms with Gasteiger partial charge in [-0.05, 0) is 54.4 Å². The fraction of sp³-hybridized carbons (Fsp3) is 0.304. The first-order valence-corrected chi connectivity index (χ1v) is 9.90. The Kier molecular flexibility index (Phi) is 6.88. The van der Waals surface area contributed by atoms with Gasteiger partial charge in [0.05, 0.1) is 12.2 Å².